The van der Waals surface area contributed by atoms with Crippen LogP contribution in [0.25, 0.3) is 11.3 Å². The smallest absolute Gasteiger partial charge is 0.156 e. The normalized spacial score (nSPS) is 12.8. The molecular weight excluding hydrogens is 224 g/mol. The standard InChI is InChI=1S/C12H13ClN2O/c1-7-11(15-16-12(7)8(2)14)9-3-5-10(13)6-4-9/h3-6,8H,14H2,1-2H3. The summed E-state index contributed by atoms with van der Waals surface area (Å²) < 4.78 is 5.23. The van der Waals surface area contributed by atoms with Crippen LogP contribution in [-0.4, -0.2) is 5.16 Å². The molecule has 1 unspecified atom stereocenters. The van der Waals surface area contributed by atoms with Crippen LogP contribution in [0.4, 0.5) is 0 Å². The highest BCUT2D eigenvalue weighted by molar-refractivity contribution is 6.30. The van der Waals surface area contributed by atoms with E-state index >= 15 is 0 Å². The van der Waals surface area contributed by atoms with Crippen molar-refractivity contribution >= 4 is 11.6 Å². The molecule has 0 saturated carbocycles. The molecule has 3 nitrogen and oxygen atoms in total. The summed E-state index contributed by atoms with van der Waals surface area (Å²) in [6.07, 6.45) is 0. The monoisotopic (exact) mass is 236 g/mol. The van der Waals surface area contributed by atoms with Gasteiger partial charge in [-0.15, -0.1) is 0 Å². The van der Waals surface area contributed by atoms with Crippen LogP contribution in [0.15, 0.2) is 28.8 Å². The average molecular weight is 237 g/mol. The van der Waals surface area contributed by atoms with Crippen molar-refractivity contribution in [1.29, 1.82) is 0 Å². The van der Waals surface area contributed by atoms with Crippen molar-refractivity contribution in [2.24, 2.45) is 5.73 Å². The van der Waals surface area contributed by atoms with Crippen LogP contribution in [0.2, 0.25) is 5.02 Å². The van der Waals surface area contributed by atoms with E-state index in [4.69, 9.17) is 21.9 Å². The zero-order valence-corrected chi connectivity index (χ0v) is 9.95. The SMILES string of the molecule is Cc1c(-c2ccc(Cl)cc2)noc1C(C)N. The molecule has 1 aromatic carbocycles. The molecule has 1 atom stereocenters. The number of hydrogen-bond acceptors (Lipinski definition) is 3. The predicted molar refractivity (Wildman–Crippen MR) is 64.3 cm³/mol. The fourth-order valence-corrected chi connectivity index (χ4v) is 1.78. The lowest BCUT2D eigenvalue weighted by molar-refractivity contribution is 0.368. The van der Waals surface area contributed by atoms with E-state index in [0.29, 0.717) is 5.02 Å². The van der Waals surface area contributed by atoms with Crippen LogP contribution in [0.5, 0.6) is 0 Å². The maximum Gasteiger partial charge on any atom is 0.156 e. The Balaban J connectivity index is 2.45. The van der Waals surface area contributed by atoms with Crippen LogP contribution < -0.4 is 5.73 Å². The van der Waals surface area contributed by atoms with Gasteiger partial charge in [0.15, 0.2) is 5.76 Å². The highest BCUT2D eigenvalue weighted by atomic mass is 35.5. The van der Waals surface area contributed by atoms with Gasteiger partial charge in [-0.1, -0.05) is 28.9 Å². The van der Waals surface area contributed by atoms with E-state index in [1.54, 1.807) is 0 Å². The molecule has 0 aliphatic heterocycles. The molecule has 0 fully saturated rings. The lowest BCUT2D eigenvalue weighted by atomic mass is 10.1. The molecule has 0 spiro atoms. The lowest BCUT2D eigenvalue weighted by Crippen LogP contribution is -2.04. The molecule has 0 aliphatic rings. The number of nitrogens with zero attached hydrogens (tertiary/aromatic N) is 1. The van der Waals surface area contributed by atoms with Gasteiger partial charge in [-0.25, -0.2) is 0 Å². The van der Waals surface area contributed by atoms with Crippen molar-refractivity contribution < 1.29 is 4.52 Å². The molecule has 1 aromatic heterocycles. The third-order valence-corrected chi connectivity index (χ3v) is 2.74. The third kappa shape index (κ3) is 1.96. The Morgan fingerprint density at radius 2 is 1.94 bits per heavy atom. The zero-order valence-electron chi connectivity index (χ0n) is 9.20. The van der Waals surface area contributed by atoms with Crippen molar-refractivity contribution in [3.63, 3.8) is 0 Å². The summed E-state index contributed by atoms with van der Waals surface area (Å²) in [5.74, 6) is 0.727. The largest absolute Gasteiger partial charge is 0.359 e. The maximum atomic E-state index is 5.83. The summed E-state index contributed by atoms with van der Waals surface area (Å²) in [6, 6.07) is 7.34. The van der Waals surface area contributed by atoms with Crippen LogP contribution in [0.1, 0.15) is 24.3 Å². The van der Waals surface area contributed by atoms with Gasteiger partial charge in [0.05, 0.1) is 6.04 Å². The Bertz CT molecular complexity index is 488. The molecule has 1 heterocycles. The number of benzene rings is 1. The highest BCUT2D eigenvalue weighted by Crippen LogP contribution is 2.28. The van der Waals surface area contributed by atoms with Crippen LogP contribution >= 0.6 is 11.6 Å². The Morgan fingerprint density at radius 1 is 1.31 bits per heavy atom. The molecule has 0 radical (unpaired) electrons. The quantitative estimate of drug-likeness (QED) is 0.870. The summed E-state index contributed by atoms with van der Waals surface area (Å²) in [5.41, 5.74) is 8.57. The van der Waals surface area contributed by atoms with Gasteiger partial charge >= 0.3 is 0 Å². The van der Waals surface area contributed by atoms with Gasteiger partial charge in [0, 0.05) is 16.1 Å². The topological polar surface area (TPSA) is 52.0 Å². The van der Waals surface area contributed by atoms with Gasteiger partial charge in [-0.2, -0.15) is 0 Å². The Kier molecular flexibility index (Phi) is 2.99. The third-order valence-electron chi connectivity index (χ3n) is 2.49. The fraction of sp³-hybridized carbons (Fsp3) is 0.250. The summed E-state index contributed by atoms with van der Waals surface area (Å²) >= 11 is 5.83. The second kappa shape index (κ2) is 4.28. The van der Waals surface area contributed by atoms with Crippen molar-refractivity contribution in [1.82, 2.24) is 5.16 Å². The molecular formula is C12H13ClN2O. The Labute approximate surface area is 99.2 Å². The van der Waals surface area contributed by atoms with Gasteiger partial charge < -0.3 is 10.3 Å². The van der Waals surface area contributed by atoms with Crippen molar-refractivity contribution in [3.8, 4) is 11.3 Å². The van der Waals surface area contributed by atoms with E-state index in [0.717, 1.165) is 22.6 Å². The van der Waals surface area contributed by atoms with Gasteiger partial charge in [-0.3, -0.25) is 0 Å². The number of nitrogens with two attached hydrogens (primary N) is 1. The van der Waals surface area contributed by atoms with Crippen molar-refractivity contribution in [3.05, 3.63) is 40.6 Å². The van der Waals surface area contributed by atoms with Crippen molar-refractivity contribution in [2.75, 3.05) is 0 Å². The average Bonchev–Trinajstić information content (AvgIpc) is 2.61. The minimum atomic E-state index is -0.145. The van der Waals surface area contributed by atoms with Crippen molar-refractivity contribution in [2.45, 2.75) is 19.9 Å². The summed E-state index contributed by atoms with van der Waals surface area (Å²) in [4.78, 5) is 0. The molecule has 2 rings (SSSR count). The fourth-order valence-electron chi connectivity index (χ4n) is 1.65. The maximum absolute atomic E-state index is 5.83. The lowest BCUT2D eigenvalue weighted by Gasteiger charge is -2.01. The number of aromatic nitrogens is 1. The first-order valence-electron chi connectivity index (χ1n) is 5.07. The first-order valence-corrected chi connectivity index (χ1v) is 5.45. The Hall–Kier alpha value is -1.32. The molecule has 2 aromatic rings. The molecule has 16 heavy (non-hydrogen) atoms. The zero-order chi connectivity index (χ0) is 11.7. The molecule has 4 heteroatoms. The Morgan fingerprint density at radius 3 is 2.44 bits per heavy atom. The number of rotatable bonds is 2. The van der Waals surface area contributed by atoms with E-state index in [-0.39, 0.29) is 6.04 Å². The van der Waals surface area contributed by atoms with E-state index in [1.165, 1.54) is 0 Å². The number of halogens is 1. The minimum absolute atomic E-state index is 0.145. The van der Waals surface area contributed by atoms with Gasteiger partial charge in [0.2, 0.25) is 0 Å². The summed E-state index contributed by atoms with van der Waals surface area (Å²) in [7, 11) is 0. The molecule has 0 saturated heterocycles. The molecule has 0 aliphatic carbocycles. The molecule has 0 amide bonds. The van der Waals surface area contributed by atoms with E-state index in [9.17, 15) is 0 Å². The minimum Gasteiger partial charge on any atom is -0.359 e. The van der Waals surface area contributed by atoms with Gasteiger partial charge in [0.25, 0.3) is 0 Å². The van der Waals surface area contributed by atoms with E-state index in [1.807, 2.05) is 38.1 Å². The van der Waals surface area contributed by atoms with E-state index < -0.39 is 0 Å². The number of hydrogen-bond donors (Lipinski definition) is 1. The first kappa shape index (κ1) is 11.2. The first-order chi connectivity index (χ1) is 7.59. The van der Waals surface area contributed by atoms with Crippen LogP contribution in [0, 0.1) is 6.92 Å². The van der Waals surface area contributed by atoms with Gasteiger partial charge in [-0.05, 0) is 26.0 Å². The molecule has 84 valence electrons. The molecule has 0 bridgehead atoms. The second-order valence-electron chi connectivity index (χ2n) is 3.82. The second-order valence-corrected chi connectivity index (χ2v) is 4.25. The van der Waals surface area contributed by atoms with Crippen LogP contribution in [-0.2, 0) is 0 Å². The highest BCUT2D eigenvalue weighted by Gasteiger charge is 2.15. The van der Waals surface area contributed by atoms with E-state index in [2.05, 4.69) is 5.16 Å². The summed E-state index contributed by atoms with van der Waals surface area (Å²) in [5, 5.41) is 4.74. The molecule has 2 N–H and O–H groups in total. The summed E-state index contributed by atoms with van der Waals surface area (Å²) in [6.45, 7) is 3.83. The van der Waals surface area contributed by atoms with Crippen LogP contribution in [0.3, 0.4) is 0 Å². The van der Waals surface area contributed by atoms with Gasteiger partial charge in [0.1, 0.15) is 5.69 Å². The predicted octanol–water partition coefficient (Wildman–Crippen LogP) is 3.32.